The zero-order valence-corrected chi connectivity index (χ0v) is 16.7. The highest BCUT2D eigenvalue weighted by atomic mass is 19.4. The second kappa shape index (κ2) is 8.90. The van der Waals surface area contributed by atoms with Gasteiger partial charge in [-0.05, 0) is 73.6 Å². The first-order valence-electron chi connectivity index (χ1n) is 10.1. The maximum atomic E-state index is 13.3. The number of benzene rings is 2. The standard InChI is InChI=1S/C23H22F3N3O2/c24-23(25,26)21-13-20(30)10-9-17(21)7-5-16-6-8-19(22-27-29-28-22)12-18(16)2-1-11-31-14-15-3-4-15/h6,8-10,12-13,15,29-30H,1-4,11,14H2,(H,27,28). The third-order valence-corrected chi connectivity index (χ3v) is 5.15. The van der Waals surface area contributed by atoms with Gasteiger partial charge in [-0.2, -0.15) is 13.2 Å². The molecule has 0 spiro atoms. The molecule has 1 fully saturated rings. The molecule has 4 rings (SSSR count). The van der Waals surface area contributed by atoms with Crippen molar-refractivity contribution >= 4 is 0 Å². The molecule has 2 aromatic carbocycles. The molecule has 0 saturated heterocycles. The summed E-state index contributed by atoms with van der Waals surface area (Å²) in [5, 5.41) is 19.0. The van der Waals surface area contributed by atoms with Gasteiger partial charge in [0.05, 0.1) is 5.56 Å². The Balaban J connectivity index is 1.56. The van der Waals surface area contributed by atoms with Crippen LogP contribution < -0.4 is 0 Å². The number of rotatable bonds is 7. The van der Waals surface area contributed by atoms with Crippen LogP contribution in [-0.4, -0.2) is 33.7 Å². The predicted octanol–water partition coefficient (Wildman–Crippen LogP) is 4.89. The lowest BCUT2D eigenvalue weighted by Gasteiger charge is -2.11. The molecule has 3 aromatic rings. The van der Waals surface area contributed by atoms with Crippen molar-refractivity contribution in [3.63, 3.8) is 0 Å². The zero-order valence-electron chi connectivity index (χ0n) is 16.7. The number of phenolic OH excluding ortho intramolecular Hbond substituents is 1. The van der Waals surface area contributed by atoms with E-state index >= 15 is 0 Å². The van der Waals surface area contributed by atoms with Gasteiger partial charge in [-0.3, -0.25) is 5.10 Å². The van der Waals surface area contributed by atoms with E-state index in [-0.39, 0.29) is 5.56 Å². The van der Waals surface area contributed by atoms with E-state index in [0.717, 1.165) is 24.2 Å². The molecule has 0 bridgehead atoms. The summed E-state index contributed by atoms with van der Waals surface area (Å²) in [6.07, 6.45) is -0.652. The van der Waals surface area contributed by atoms with Crippen LogP contribution in [0.3, 0.4) is 0 Å². The molecule has 0 aliphatic heterocycles. The van der Waals surface area contributed by atoms with E-state index in [1.54, 1.807) is 6.07 Å². The summed E-state index contributed by atoms with van der Waals surface area (Å²) in [5.74, 6) is 6.47. The molecule has 5 nitrogen and oxygen atoms in total. The number of ether oxygens (including phenoxy) is 1. The highest BCUT2D eigenvalue weighted by Crippen LogP contribution is 2.34. The van der Waals surface area contributed by atoms with Crippen molar-refractivity contribution in [2.45, 2.75) is 31.9 Å². The Morgan fingerprint density at radius 3 is 2.52 bits per heavy atom. The number of aromatic hydroxyl groups is 1. The van der Waals surface area contributed by atoms with Gasteiger partial charge in [0.25, 0.3) is 0 Å². The number of aromatic amines is 2. The van der Waals surface area contributed by atoms with Gasteiger partial charge in [-0.25, -0.2) is 5.21 Å². The number of phenols is 1. The number of hydrogen-bond acceptors (Lipinski definition) is 3. The number of H-pyrrole nitrogens is 2. The van der Waals surface area contributed by atoms with Crippen molar-refractivity contribution < 1.29 is 23.0 Å². The van der Waals surface area contributed by atoms with Gasteiger partial charge in [0.2, 0.25) is 0 Å². The molecule has 1 aromatic heterocycles. The van der Waals surface area contributed by atoms with Crippen LogP contribution in [0.5, 0.6) is 5.75 Å². The first kappa shape index (κ1) is 21.1. The number of nitrogens with zero attached hydrogens (tertiary/aromatic N) is 1. The van der Waals surface area contributed by atoms with Crippen LogP contribution >= 0.6 is 0 Å². The zero-order chi connectivity index (χ0) is 21.8. The van der Waals surface area contributed by atoms with Crippen molar-refractivity contribution in [2.24, 2.45) is 5.92 Å². The molecule has 162 valence electrons. The van der Waals surface area contributed by atoms with E-state index in [0.29, 0.717) is 36.4 Å². The van der Waals surface area contributed by atoms with Crippen LogP contribution in [0.25, 0.3) is 11.4 Å². The molecule has 8 heteroatoms. The fourth-order valence-corrected chi connectivity index (χ4v) is 3.23. The normalized spacial score (nSPS) is 13.8. The minimum atomic E-state index is -4.60. The van der Waals surface area contributed by atoms with Gasteiger partial charge in [0.1, 0.15) is 5.75 Å². The Morgan fingerprint density at radius 1 is 1.10 bits per heavy atom. The van der Waals surface area contributed by atoms with E-state index in [4.69, 9.17) is 4.74 Å². The molecule has 1 aliphatic carbocycles. The minimum absolute atomic E-state index is 0.178. The number of aryl methyl sites for hydroxylation is 1. The topological polar surface area (TPSA) is 73.9 Å². The molecular formula is C23H22F3N3O2. The first-order chi connectivity index (χ1) is 14.9. The first-order valence-corrected chi connectivity index (χ1v) is 10.1. The molecule has 0 unspecified atom stereocenters. The van der Waals surface area contributed by atoms with Gasteiger partial charge in [0.15, 0.2) is 5.82 Å². The maximum absolute atomic E-state index is 13.3. The summed E-state index contributed by atoms with van der Waals surface area (Å²) in [5.41, 5.74) is 1.32. The molecule has 1 saturated carbocycles. The number of aromatic nitrogens is 3. The molecule has 1 aliphatic rings. The number of hydrogen-bond donors (Lipinski definition) is 3. The van der Waals surface area contributed by atoms with Crippen LogP contribution in [0.4, 0.5) is 13.2 Å². The quantitative estimate of drug-likeness (QED) is 0.370. The highest BCUT2D eigenvalue weighted by molar-refractivity contribution is 5.60. The predicted molar refractivity (Wildman–Crippen MR) is 109 cm³/mol. The van der Waals surface area contributed by atoms with Crippen molar-refractivity contribution in [2.75, 3.05) is 13.2 Å². The monoisotopic (exact) mass is 429 g/mol. The summed E-state index contributed by atoms with van der Waals surface area (Å²) < 4.78 is 45.6. The van der Waals surface area contributed by atoms with Gasteiger partial charge in [-0.15, -0.1) is 5.10 Å². The second-order valence-electron chi connectivity index (χ2n) is 7.67. The summed E-state index contributed by atoms with van der Waals surface area (Å²) in [6, 6.07) is 8.64. The molecule has 0 atom stereocenters. The lowest BCUT2D eigenvalue weighted by Crippen LogP contribution is -2.07. The third-order valence-electron chi connectivity index (χ3n) is 5.15. The molecule has 31 heavy (non-hydrogen) atoms. The third kappa shape index (κ3) is 5.50. The number of nitrogens with one attached hydrogen (secondary N) is 2. The number of halogens is 3. The van der Waals surface area contributed by atoms with Crippen molar-refractivity contribution in [1.29, 1.82) is 0 Å². The van der Waals surface area contributed by atoms with Crippen LogP contribution in [0, 0.1) is 17.8 Å². The minimum Gasteiger partial charge on any atom is -0.508 e. The fourth-order valence-electron chi connectivity index (χ4n) is 3.23. The van der Waals surface area contributed by atoms with Crippen molar-refractivity contribution in [3.05, 3.63) is 58.7 Å². The summed E-state index contributed by atoms with van der Waals surface area (Å²) in [6.45, 7) is 1.42. The highest BCUT2D eigenvalue weighted by Gasteiger charge is 2.33. The van der Waals surface area contributed by atoms with E-state index in [2.05, 4.69) is 27.3 Å². The molecule has 0 amide bonds. The summed E-state index contributed by atoms with van der Waals surface area (Å²) in [4.78, 5) is 0. The average Bonchev–Trinajstić information content (AvgIpc) is 3.50. The van der Waals surface area contributed by atoms with Crippen molar-refractivity contribution in [3.8, 4) is 29.0 Å². The van der Waals surface area contributed by atoms with Crippen molar-refractivity contribution in [1.82, 2.24) is 15.4 Å². The average molecular weight is 429 g/mol. The summed E-state index contributed by atoms with van der Waals surface area (Å²) >= 11 is 0. The van der Waals surface area contributed by atoms with Crippen LogP contribution in [0.15, 0.2) is 36.4 Å². The SMILES string of the molecule is Oc1ccc(C#Cc2ccc(-c3n[nH][nH]3)cc2CCCOCC2CC2)c(C(F)(F)F)c1. The Hall–Kier alpha value is -3.18. The molecule has 0 radical (unpaired) electrons. The van der Waals surface area contributed by atoms with E-state index in [1.807, 2.05) is 12.1 Å². The Kier molecular flexibility index (Phi) is 6.05. The van der Waals surface area contributed by atoms with Gasteiger partial charge in [-0.1, -0.05) is 11.8 Å². The maximum Gasteiger partial charge on any atom is 0.417 e. The second-order valence-corrected chi connectivity index (χ2v) is 7.67. The van der Waals surface area contributed by atoms with E-state index in [1.165, 1.54) is 25.0 Å². The van der Waals surface area contributed by atoms with Gasteiger partial charge >= 0.3 is 6.18 Å². The molecule has 1 heterocycles. The molecular weight excluding hydrogens is 407 g/mol. The lowest BCUT2D eigenvalue weighted by molar-refractivity contribution is -0.137. The Morgan fingerprint density at radius 2 is 1.84 bits per heavy atom. The van der Waals surface area contributed by atoms with Crippen LogP contribution in [0.1, 0.15) is 41.5 Å². The Labute approximate surface area is 177 Å². The lowest BCUT2D eigenvalue weighted by atomic mass is 9.99. The largest absolute Gasteiger partial charge is 0.508 e. The van der Waals surface area contributed by atoms with E-state index < -0.39 is 17.5 Å². The van der Waals surface area contributed by atoms with Crippen LogP contribution in [-0.2, 0) is 17.3 Å². The number of alkyl halides is 3. The van der Waals surface area contributed by atoms with Gasteiger partial charge < -0.3 is 9.84 Å². The smallest absolute Gasteiger partial charge is 0.417 e. The fraction of sp³-hybridized carbons (Fsp3) is 0.348. The summed E-state index contributed by atoms with van der Waals surface area (Å²) in [7, 11) is 0. The van der Waals surface area contributed by atoms with Crippen LogP contribution in [0.2, 0.25) is 0 Å². The Bertz CT molecular complexity index is 1090. The van der Waals surface area contributed by atoms with Gasteiger partial charge in [0, 0.05) is 29.9 Å². The van der Waals surface area contributed by atoms with E-state index in [9.17, 15) is 18.3 Å². The molecule has 3 N–H and O–H groups in total.